The number of nitrogens with one attached hydrogen (secondary N) is 1. The summed E-state index contributed by atoms with van der Waals surface area (Å²) >= 11 is 1.35. The first-order valence-corrected chi connectivity index (χ1v) is 8.14. The molecule has 1 fully saturated rings. The van der Waals surface area contributed by atoms with Crippen molar-refractivity contribution in [2.75, 3.05) is 25.0 Å². The standard InChI is InChI=1S/C14H19N3O4S/c15-12(19)11-9-3-6-21-7-10(9)22-13(11)16-14(20)17-4-1-8(18)2-5-17/h8,18H,1-7H2,(H2,15,19)(H,16,20). The van der Waals surface area contributed by atoms with Crippen LogP contribution in [-0.2, 0) is 17.8 Å². The minimum atomic E-state index is -0.524. The summed E-state index contributed by atoms with van der Waals surface area (Å²) in [5.41, 5.74) is 6.79. The summed E-state index contributed by atoms with van der Waals surface area (Å²) in [4.78, 5) is 26.7. The number of ether oxygens (including phenoxy) is 1. The van der Waals surface area contributed by atoms with E-state index in [4.69, 9.17) is 10.5 Å². The first kappa shape index (κ1) is 15.3. The highest BCUT2D eigenvalue weighted by atomic mass is 32.1. The third kappa shape index (κ3) is 2.94. The second kappa shape index (κ2) is 6.23. The summed E-state index contributed by atoms with van der Waals surface area (Å²) in [6, 6.07) is -0.256. The Hall–Kier alpha value is -1.64. The van der Waals surface area contributed by atoms with Crippen LogP contribution in [0.5, 0.6) is 0 Å². The van der Waals surface area contributed by atoms with Gasteiger partial charge in [-0.05, 0) is 24.8 Å². The molecule has 1 aromatic heterocycles. The van der Waals surface area contributed by atoms with Crippen molar-refractivity contribution in [2.24, 2.45) is 5.73 Å². The van der Waals surface area contributed by atoms with Crippen molar-refractivity contribution in [2.45, 2.75) is 32.0 Å². The highest BCUT2D eigenvalue weighted by Crippen LogP contribution is 2.36. The minimum Gasteiger partial charge on any atom is -0.393 e. The molecule has 22 heavy (non-hydrogen) atoms. The van der Waals surface area contributed by atoms with Crippen LogP contribution in [0.15, 0.2) is 0 Å². The second-order valence-corrected chi connectivity index (χ2v) is 6.63. The fraction of sp³-hybridized carbons (Fsp3) is 0.571. The molecule has 3 heterocycles. The Morgan fingerprint density at radius 3 is 2.77 bits per heavy atom. The zero-order chi connectivity index (χ0) is 15.7. The molecular weight excluding hydrogens is 306 g/mol. The number of nitrogens with two attached hydrogens (primary N) is 1. The Kier molecular flexibility index (Phi) is 4.32. The first-order chi connectivity index (χ1) is 10.6. The predicted octanol–water partition coefficient (Wildman–Crippen LogP) is 0.908. The number of hydrogen-bond acceptors (Lipinski definition) is 5. The van der Waals surface area contributed by atoms with E-state index in [1.54, 1.807) is 4.90 Å². The van der Waals surface area contributed by atoms with Crippen molar-refractivity contribution in [3.63, 3.8) is 0 Å². The molecule has 0 radical (unpaired) electrons. The van der Waals surface area contributed by atoms with E-state index in [1.165, 1.54) is 11.3 Å². The number of piperidine rings is 1. The minimum absolute atomic E-state index is 0.256. The number of aliphatic hydroxyl groups is 1. The Morgan fingerprint density at radius 2 is 2.09 bits per heavy atom. The van der Waals surface area contributed by atoms with Gasteiger partial charge in [0.05, 0.1) is 24.9 Å². The fourth-order valence-corrected chi connectivity index (χ4v) is 4.01. The monoisotopic (exact) mass is 325 g/mol. The van der Waals surface area contributed by atoms with E-state index >= 15 is 0 Å². The average Bonchev–Trinajstić information content (AvgIpc) is 2.85. The summed E-state index contributed by atoms with van der Waals surface area (Å²) in [5.74, 6) is -0.524. The van der Waals surface area contributed by atoms with E-state index in [0.717, 1.165) is 10.4 Å². The largest absolute Gasteiger partial charge is 0.393 e. The number of rotatable bonds is 2. The van der Waals surface area contributed by atoms with Crippen LogP contribution in [0.4, 0.5) is 9.80 Å². The summed E-state index contributed by atoms with van der Waals surface area (Å²) in [5, 5.41) is 12.8. The van der Waals surface area contributed by atoms with Gasteiger partial charge in [0.2, 0.25) is 0 Å². The maximum absolute atomic E-state index is 12.3. The molecule has 3 amide bonds. The zero-order valence-electron chi connectivity index (χ0n) is 12.1. The van der Waals surface area contributed by atoms with Crippen LogP contribution in [0.2, 0.25) is 0 Å². The fourth-order valence-electron chi connectivity index (χ4n) is 2.83. The molecule has 4 N–H and O–H groups in total. The zero-order valence-corrected chi connectivity index (χ0v) is 12.9. The topological polar surface area (TPSA) is 105 Å². The number of urea groups is 1. The Labute approximate surface area is 132 Å². The third-order valence-corrected chi connectivity index (χ3v) is 5.16. The molecule has 2 aliphatic heterocycles. The Morgan fingerprint density at radius 1 is 1.36 bits per heavy atom. The average molecular weight is 325 g/mol. The van der Waals surface area contributed by atoms with Gasteiger partial charge in [0.25, 0.3) is 5.91 Å². The molecule has 0 unspecified atom stereocenters. The Balaban J connectivity index is 1.78. The quantitative estimate of drug-likeness (QED) is 0.751. The molecule has 8 heteroatoms. The van der Waals surface area contributed by atoms with Gasteiger partial charge in [-0.25, -0.2) is 4.79 Å². The smallest absolute Gasteiger partial charge is 0.322 e. The maximum Gasteiger partial charge on any atom is 0.322 e. The molecule has 0 saturated carbocycles. The number of hydrogen-bond donors (Lipinski definition) is 3. The number of fused-ring (bicyclic) bond motifs is 1. The summed E-state index contributed by atoms with van der Waals surface area (Å²) < 4.78 is 5.38. The van der Waals surface area contributed by atoms with Gasteiger partial charge < -0.3 is 20.5 Å². The molecule has 0 atom stereocenters. The number of nitrogens with zero attached hydrogens (tertiary/aromatic N) is 1. The van der Waals surface area contributed by atoms with Gasteiger partial charge in [-0.2, -0.15) is 0 Å². The molecule has 3 rings (SSSR count). The van der Waals surface area contributed by atoms with E-state index in [0.29, 0.717) is 56.1 Å². The lowest BCUT2D eigenvalue weighted by Crippen LogP contribution is -2.42. The van der Waals surface area contributed by atoms with Crippen LogP contribution in [0.3, 0.4) is 0 Å². The van der Waals surface area contributed by atoms with Crippen LogP contribution < -0.4 is 11.1 Å². The molecule has 7 nitrogen and oxygen atoms in total. The van der Waals surface area contributed by atoms with Gasteiger partial charge in [-0.15, -0.1) is 11.3 Å². The highest BCUT2D eigenvalue weighted by molar-refractivity contribution is 7.17. The van der Waals surface area contributed by atoms with Crippen LogP contribution in [0.1, 0.15) is 33.6 Å². The van der Waals surface area contributed by atoms with E-state index in [1.807, 2.05) is 0 Å². The van der Waals surface area contributed by atoms with Gasteiger partial charge in [0.1, 0.15) is 5.00 Å². The predicted molar refractivity (Wildman–Crippen MR) is 82.0 cm³/mol. The van der Waals surface area contributed by atoms with E-state index < -0.39 is 5.91 Å². The third-order valence-electron chi connectivity index (χ3n) is 4.04. The number of amides is 3. The SMILES string of the molecule is NC(=O)c1c(NC(=O)N2CCC(O)CC2)sc2c1CCOC2. The number of carbonyl (C=O) groups excluding carboxylic acids is 2. The lowest BCUT2D eigenvalue weighted by atomic mass is 10.1. The number of primary amides is 1. The van der Waals surface area contributed by atoms with Gasteiger partial charge in [0.15, 0.2) is 0 Å². The lowest BCUT2D eigenvalue weighted by molar-refractivity contribution is 0.0972. The van der Waals surface area contributed by atoms with E-state index in [2.05, 4.69) is 5.32 Å². The molecule has 0 spiro atoms. The van der Waals surface area contributed by atoms with Crippen LogP contribution in [0, 0.1) is 0 Å². The van der Waals surface area contributed by atoms with Gasteiger partial charge in [-0.3, -0.25) is 10.1 Å². The van der Waals surface area contributed by atoms with Crippen LogP contribution in [0.25, 0.3) is 0 Å². The molecule has 2 aliphatic rings. The number of carbonyl (C=O) groups is 2. The van der Waals surface area contributed by atoms with Crippen molar-refractivity contribution in [1.82, 2.24) is 4.90 Å². The van der Waals surface area contributed by atoms with Crippen molar-refractivity contribution in [3.05, 3.63) is 16.0 Å². The molecule has 0 aliphatic carbocycles. The highest BCUT2D eigenvalue weighted by Gasteiger charge is 2.27. The molecule has 1 aromatic rings. The van der Waals surface area contributed by atoms with Crippen molar-refractivity contribution < 1.29 is 19.4 Å². The Bertz CT molecular complexity index is 593. The molecular formula is C14H19N3O4S. The summed E-state index contributed by atoms with van der Waals surface area (Å²) in [7, 11) is 0. The molecule has 0 aromatic carbocycles. The number of anilines is 1. The molecule has 0 bridgehead atoms. The van der Waals surface area contributed by atoms with Crippen molar-refractivity contribution in [1.29, 1.82) is 0 Å². The number of thiophene rings is 1. The lowest BCUT2D eigenvalue weighted by Gasteiger charge is -2.29. The molecule has 120 valence electrons. The summed E-state index contributed by atoms with van der Waals surface area (Å²) in [6.45, 7) is 2.02. The molecule has 1 saturated heterocycles. The van der Waals surface area contributed by atoms with E-state index in [-0.39, 0.29) is 12.1 Å². The summed E-state index contributed by atoms with van der Waals surface area (Å²) in [6.07, 6.45) is 1.45. The van der Waals surface area contributed by atoms with Gasteiger partial charge in [-0.1, -0.05) is 0 Å². The van der Waals surface area contributed by atoms with E-state index in [9.17, 15) is 14.7 Å². The normalized spacial score (nSPS) is 18.9. The van der Waals surface area contributed by atoms with Crippen LogP contribution >= 0.6 is 11.3 Å². The van der Waals surface area contributed by atoms with Gasteiger partial charge in [0, 0.05) is 18.0 Å². The number of aliphatic hydroxyl groups excluding tert-OH is 1. The number of likely N-dealkylation sites (tertiary alicyclic amines) is 1. The van der Waals surface area contributed by atoms with Gasteiger partial charge >= 0.3 is 6.03 Å². The van der Waals surface area contributed by atoms with Crippen molar-refractivity contribution in [3.8, 4) is 0 Å². The first-order valence-electron chi connectivity index (χ1n) is 7.32. The van der Waals surface area contributed by atoms with Crippen molar-refractivity contribution >= 4 is 28.3 Å². The van der Waals surface area contributed by atoms with Crippen LogP contribution in [-0.4, -0.2) is 47.7 Å². The second-order valence-electron chi connectivity index (χ2n) is 5.52. The maximum atomic E-state index is 12.3.